The Morgan fingerprint density at radius 1 is 0.515 bits per heavy atom. The second-order valence-electron chi connectivity index (χ2n) is 19.1. The number of carbonyl (C=O) groups excluding carboxylic acids is 3. The van der Waals surface area contributed by atoms with Gasteiger partial charge in [0.25, 0.3) is 0 Å². The lowest BCUT2D eigenvalue weighted by Gasteiger charge is -2.22. The number of fused-ring (bicyclic) bond motifs is 10. The molecule has 5 aromatic carbocycles. The van der Waals surface area contributed by atoms with Gasteiger partial charge in [-0.3, -0.25) is 14.4 Å². The Morgan fingerprint density at radius 3 is 1.90 bits per heavy atom. The summed E-state index contributed by atoms with van der Waals surface area (Å²) in [5.74, 6) is 2.82. The Kier molecular flexibility index (Phi) is 13.5. The highest BCUT2D eigenvalue weighted by Gasteiger charge is 2.41. The molecule has 10 rings (SSSR count). The molecular weight excluding hydrogens is 845 g/mol. The summed E-state index contributed by atoms with van der Waals surface area (Å²) in [6, 6.07) is 38.6. The molecule has 0 saturated heterocycles. The van der Waals surface area contributed by atoms with Crippen molar-refractivity contribution in [2.75, 3.05) is 20.3 Å². The van der Waals surface area contributed by atoms with Crippen LogP contribution in [0.3, 0.4) is 0 Å². The van der Waals surface area contributed by atoms with Gasteiger partial charge in [0.15, 0.2) is 17.3 Å². The van der Waals surface area contributed by atoms with Crippen LogP contribution in [0.15, 0.2) is 115 Å². The predicted molar refractivity (Wildman–Crippen MR) is 270 cm³/mol. The highest BCUT2D eigenvalue weighted by molar-refractivity contribution is 6.29. The van der Waals surface area contributed by atoms with E-state index in [2.05, 4.69) is 70.7 Å². The van der Waals surface area contributed by atoms with Crippen LogP contribution >= 0.6 is 0 Å². The molecule has 0 radical (unpaired) electrons. The number of aromatic nitrogens is 2. The molecule has 8 nitrogen and oxygen atoms in total. The molecule has 3 aliphatic carbocycles. The van der Waals surface area contributed by atoms with Gasteiger partial charge in [-0.05, 0) is 91.6 Å². The molecule has 2 heterocycles. The SMILES string of the molecule is COc1cccc(CCn2c3c(c4c(OCCCCCCCCCCCCOc5ccc6c(c5)-c5c(c7c(n5CCc5ccccc5)CC(C)CC7=O)C6=O)cccc42)C(=O)c2ccccc2-3)c1. The van der Waals surface area contributed by atoms with Crippen molar-refractivity contribution in [3.63, 3.8) is 0 Å². The maximum absolute atomic E-state index is 13.9. The molecule has 3 aliphatic rings. The molecule has 0 aliphatic heterocycles. The second-order valence-corrected chi connectivity index (χ2v) is 19.1. The topological polar surface area (TPSA) is 88.8 Å². The minimum absolute atomic E-state index is 0.0316. The van der Waals surface area contributed by atoms with Crippen molar-refractivity contribution < 1.29 is 28.6 Å². The van der Waals surface area contributed by atoms with Crippen molar-refractivity contribution in [1.82, 2.24) is 9.13 Å². The fourth-order valence-electron chi connectivity index (χ4n) is 11.1. The van der Waals surface area contributed by atoms with Crippen molar-refractivity contribution in [2.45, 2.75) is 110 Å². The van der Waals surface area contributed by atoms with Crippen molar-refractivity contribution in [3.8, 4) is 39.8 Å². The molecule has 7 aromatic rings. The number of unbranched alkanes of at least 4 members (excludes halogenated alkanes) is 9. The smallest absolute Gasteiger partial charge is 0.196 e. The van der Waals surface area contributed by atoms with Crippen LogP contribution in [0.1, 0.15) is 137 Å². The Hall–Kier alpha value is -6.67. The molecule has 0 spiro atoms. The Morgan fingerprint density at radius 2 is 1.13 bits per heavy atom. The first-order chi connectivity index (χ1) is 33.4. The average Bonchev–Trinajstić information content (AvgIpc) is 4.05. The van der Waals surface area contributed by atoms with E-state index >= 15 is 0 Å². The number of carbonyl (C=O) groups is 3. The van der Waals surface area contributed by atoms with Gasteiger partial charge < -0.3 is 23.3 Å². The standard InChI is InChI=1S/C60H62N2O6/c1-40-36-50-53(51(63)37-40)55-58(62(50)32-30-41-20-12-11-13-21-41)48-39-44(28-29-47(48)60(55)65)67-34-16-9-7-5-3-4-6-8-10-17-35-68-52-27-19-26-49-54(52)56-57(45-24-14-15-25-46(45)59(56)64)61(49)33-31-42-22-18-23-43(38-42)66-2/h11-15,18-29,38-40H,3-10,16-17,30-37H2,1-2H3. The fraction of sp³-hybridized carbons (Fsp3) is 0.350. The van der Waals surface area contributed by atoms with E-state index in [4.69, 9.17) is 14.2 Å². The molecule has 0 N–H and O–H groups in total. The highest BCUT2D eigenvalue weighted by Crippen LogP contribution is 2.47. The number of ether oxygens (including phenoxy) is 3. The number of benzene rings is 5. The van der Waals surface area contributed by atoms with Gasteiger partial charge in [-0.2, -0.15) is 0 Å². The first-order valence-electron chi connectivity index (χ1n) is 25.1. The van der Waals surface area contributed by atoms with Gasteiger partial charge >= 0.3 is 0 Å². The van der Waals surface area contributed by atoms with E-state index in [-0.39, 0.29) is 23.3 Å². The van der Waals surface area contributed by atoms with Gasteiger partial charge in [0.05, 0.1) is 59.3 Å². The van der Waals surface area contributed by atoms with Crippen LogP contribution in [-0.4, -0.2) is 46.8 Å². The second kappa shape index (κ2) is 20.3. The van der Waals surface area contributed by atoms with Crippen LogP contribution in [0.5, 0.6) is 17.2 Å². The van der Waals surface area contributed by atoms with Crippen LogP contribution < -0.4 is 14.2 Å². The van der Waals surface area contributed by atoms with Crippen molar-refractivity contribution in [1.29, 1.82) is 0 Å². The largest absolute Gasteiger partial charge is 0.497 e. The maximum atomic E-state index is 13.9. The van der Waals surface area contributed by atoms with E-state index in [1.54, 1.807) is 7.11 Å². The summed E-state index contributed by atoms with van der Waals surface area (Å²) >= 11 is 0. The lowest BCUT2D eigenvalue weighted by molar-refractivity contribution is 0.0941. The van der Waals surface area contributed by atoms with E-state index in [0.717, 1.165) is 126 Å². The number of Topliss-reactive ketones (excluding diaryl/α,β-unsaturated/α-hetero) is 1. The van der Waals surface area contributed by atoms with Crippen molar-refractivity contribution in [3.05, 3.63) is 160 Å². The molecule has 1 unspecified atom stereocenters. The summed E-state index contributed by atoms with van der Waals surface area (Å²) in [6.07, 6.45) is 14.5. The van der Waals surface area contributed by atoms with Crippen molar-refractivity contribution in [2.24, 2.45) is 5.92 Å². The van der Waals surface area contributed by atoms with Crippen LogP contribution in [0.2, 0.25) is 0 Å². The first kappa shape index (κ1) is 45.1. The number of rotatable bonds is 22. The number of hydrogen-bond acceptors (Lipinski definition) is 6. The minimum Gasteiger partial charge on any atom is -0.497 e. The monoisotopic (exact) mass is 906 g/mol. The average molecular weight is 907 g/mol. The van der Waals surface area contributed by atoms with Crippen molar-refractivity contribution >= 4 is 28.3 Å². The molecule has 348 valence electrons. The van der Waals surface area contributed by atoms with E-state index in [1.807, 2.05) is 60.7 Å². The van der Waals surface area contributed by atoms with Gasteiger partial charge in [-0.1, -0.05) is 131 Å². The molecule has 0 bridgehead atoms. The summed E-state index contributed by atoms with van der Waals surface area (Å²) in [5.41, 5.74) is 11.7. The Bertz CT molecular complexity index is 2990. The van der Waals surface area contributed by atoms with Crippen LogP contribution in [-0.2, 0) is 32.4 Å². The van der Waals surface area contributed by atoms with Crippen LogP contribution in [0.4, 0.5) is 0 Å². The first-order valence-corrected chi connectivity index (χ1v) is 25.1. The van der Waals surface area contributed by atoms with Crippen LogP contribution in [0.25, 0.3) is 33.4 Å². The Labute approximate surface area is 400 Å². The summed E-state index contributed by atoms with van der Waals surface area (Å²) in [6.45, 7) is 4.85. The number of methoxy groups -OCH3 is 1. The third-order valence-electron chi connectivity index (χ3n) is 14.4. The molecular formula is C60H62N2O6. The van der Waals surface area contributed by atoms with E-state index in [1.165, 1.54) is 49.7 Å². The van der Waals surface area contributed by atoms with E-state index in [0.29, 0.717) is 36.3 Å². The lowest BCUT2D eigenvalue weighted by atomic mass is 9.86. The quantitative estimate of drug-likeness (QED) is 0.0630. The zero-order valence-electron chi connectivity index (χ0n) is 39.6. The summed E-state index contributed by atoms with van der Waals surface area (Å²) < 4.78 is 22.8. The Balaban J connectivity index is 0.661. The molecule has 0 fully saturated rings. The van der Waals surface area contributed by atoms with Gasteiger partial charge in [0, 0.05) is 47.5 Å². The normalized spacial score (nSPS) is 14.5. The number of hydrogen-bond donors (Lipinski definition) is 0. The zero-order chi connectivity index (χ0) is 46.6. The fourth-order valence-corrected chi connectivity index (χ4v) is 11.1. The summed E-state index contributed by atoms with van der Waals surface area (Å²) in [4.78, 5) is 41.2. The van der Waals surface area contributed by atoms with Gasteiger partial charge in [0.2, 0.25) is 0 Å². The zero-order valence-corrected chi connectivity index (χ0v) is 39.6. The summed E-state index contributed by atoms with van der Waals surface area (Å²) in [5, 5.41) is 0.925. The van der Waals surface area contributed by atoms with Gasteiger partial charge in [-0.25, -0.2) is 0 Å². The van der Waals surface area contributed by atoms with Crippen LogP contribution in [0, 0.1) is 5.92 Å². The number of nitrogens with zero attached hydrogens (tertiary/aromatic N) is 2. The third kappa shape index (κ3) is 8.93. The molecule has 2 aromatic heterocycles. The molecule has 1 atom stereocenters. The maximum Gasteiger partial charge on any atom is 0.196 e. The van der Waals surface area contributed by atoms with Gasteiger partial charge in [0.1, 0.15) is 17.2 Å². The van der Waals surface area contributed by atoms with E-state index < -0.39 is 0 Å². The minimum atomic E-state index is -0.0316. The number of aryl methyl sites for hydroxylation is 3. The lowest BCUT2D eigenvalue weighted by Crippen LogP contribution is -2.21. The third-order valence-corrected chi connectivity index (χ3v) is 14.4. The van der Waals surface area contributed by atoms with E-state index in [9.17, 15) is 14.4 Å². The molecule has 0 amide bonds. The van der Waals surface area contributed by atoms with Gasteiger partial charge in [-0.15, -0.1) is 0 Å². The molecule has 68 heavy (non-hydrogen) atoms. The summed E-state index contributed by atoms with van der Waals surface area (Å²) in [7, 11) is 1.69. The highest BCUT2D eigenvalue weighted by atomic mass is 16.5. The molecule has 0 saturated carbocycles. The number of ketones is 3. The molecule has 8 heteroatoms. The predicted octanol–water partition coefficient (Wildman–Crippen LogP) is 13.5.